The Hall–Kier alpha value is -8.61. The summed E-state index contributed by atoms with van der Waals surface area (Å²) in [6, 6.07) is 77.2. The van der Waals surface area contributed by atoms with Crippen molar-refractivity contribution in [2.45, 2.75) is 0 Å². The molecule has 300 valence electrons. The van der Waals surface area contributed by atoms with Gasteiger partial charge in [-0.05, 0) is 99.2 Å². The van der Waals surface area contributed by atoms with Gasteiger partial charge in [0.25, 0.3) is 6.71 Å². The van der Waals surface area contributed by atoms with Gasteiger partial charge >= 0.3 is 0 Å². The van der Waals surface area contributed by atoms with Crippen molar-refractivity contribution in [1.29, 1.82) is 0 Å². The van der Waals surface area contributed by atoms with Crippen molar-refractivity contribution >= 4 is 105 Å². The Balaban J connectivity index is 1.14. The molecule has 4 aromatic heterocycles. The maximum absolute atomic E-state index is 7.09. The number of nitrogens with zero attached hydrogens (tertiary/aromatic N) is 4. The van der Waals surface area contributed by atoms with Crippen molar-refractivity contribution in [3.05, 3.63) is 212 Å². The fourth-order valence-electron chi connectivity index (χ4n) is 11.4. The molecule has 5 heterocycles. The summed E-state index contributed by atoms with van der Waals surface area (Å²) in [4.78, 5) is 5.69. The van der Waals surface area contributed by atoms with Crippen LogP contribution in [0.2, 0.25) is 0 Å². The van der Waals surface area contributed by atoms with Crippen LogP contribution >= 0.6 is 0 Å². The van der Waals surface area contributed by atoms with E-state index in [9.17, 15) is 0 Å². The Kier molecular flexibility index (Phi) is 6.97. The van der Waals surface area contributed by atoms with Crippen molar-refractivity contribution in [3.8, 4) is 33.6 Å². The lowest BCUT2D eigenvalue weighted by molar-refractivity contribution is 0.671. The van der Waals surface area contributed by atoms with E-state index in [0.29, 0.717) is 0 Å². The van der Waals surface area contributed by atoms with Crippen LogP contribution in [0, 0.1) is 0 Å². The van der Waals surface area contributed by atoms with Crippen LogP contribution in [0.3, 0.4) is 0 Å². The fourth-order valence-corrected chi connectivity index (χ4v) is 11.4. The predicted molar refractivity (Wildman–Crippen MR) is 271 cm³/mol. The molecular formula is C59H35BN4O. The lowest BCUT2D eigenvalue weighted by atomic mass is 9.35. The molecule has 0 N–H and O–H groups in total. The summed E-state index contributed by atoms with van der Waals surface area (Å²) < 4.78 is 14.4. The number of hydrogen-bond donors (Lipinski definition) is 0. The quantitative estimate of drug-likeness (QED) is 0.166. The zero-order valence-corrected chi connectivity index (χ0v) is 35.0. The molecule has 0 radical (unpaired) electrons. The van der Waals surface area contributed by atoms with Crippen LogP contribution in [0.25, 0.3) is 116 Å². The Morgan fingerprint density at radius 1 is 0.446 bits per heavy atom. The summed E-state index contributed by atoms with van der Waals surface area (Å²) in [5.74, 6) is 0.864. The molecule has 15 rings (SSSR count). The standard InChI is InChI=1S/C59H35BN4O/c1-4-15-36(16-5-1)39-33-40(37-17-6-2-7-18-37)35-41(34-39)60-47-30-27-38-19-14-25-50-53(38)56(47)64(51-32-29-46-44-23-11-13-26-52(44)65-58(46)54(51)60)59-61-48-31-28-45-43-22-10-12-24-49(43)62(42-20-8-3-9-21-42)55(45)57(48)63(50)59/h1-35H. The van der Waals surface area contributed by atoms with Crippen LogP contribution in [-0.2, 0) is 0 Å². The Morgan fingerprint density at radius 2 is 1.12 bits per heavy atom. The molecule has 14 aromatic rings. The van der Waals surface area contributed by atoms with Gasteiger partial charge in [-0.25, -0.2) is 4.98 Å². The van der Waals surface area contributed by atoms with E-state index in [1.807, 2.05) is 0 Å². The molecule has 1 aliphatic heterocycles. The van der Waals surface area contributed by atoms with E-state index in [4.69, 9.17) is 9.40 Å². The second-order valence-corrected chi connectivity index (χ2v) is 17.5. The highest BCUT2D eigenvalue weighted by Gasteiger charge is 2.38. The molecule has 1 aliphatic rings. The number of aromatic nitrogens is 4. The van der Waals surface area contributed by atoms with E-state index in [0.717, 1.165) is 66.6 Å². The molecule has 0 amide bonds. The second-order valence-electron chi connectivity index (χ2n) is 17.5. The highest BCUT2D eigenvalue weighted by molar-refractivity contribution is 6.99. The molecule has 10 aromatic carbocycles. The maximum atomic E-state index is 7.09. The lowest BCUT2D eigenvalue weighted by Gasteiger charge is -2.30. The highest BCUT2D eigenvalue weighted by atomic mass is 16.3. The van der Waals surface area contributed by atoms with Crippen molar-refractivity contribution in [1.82, 2.24) is 18.5 Å². The summed E-state index contributed by atoms with van der Waals surface area (Å²) in [5, 5.41) is 7.02. The minimum Gasteiger partial charge on any atom is -0.457 e. The first-order valence-electron chi connectivity index (χ1n) is 22.3. The summed E-state index contributed by atoms with van der Waals surface area (Å²) in [6.45, 7) is -0.174. The molecule has 0 unspecified atom stereocenters. The Bertz CT molecular complexity index is 4240. The summed E-state index contributed by atoms with van der Waals surface area (Å²) >= 11 is 0. The molecule has 0 fully saturated rings. The third-order valence-corrected chi connectivity index (χ3v) is 14.0. The first-order valence-corrected chi connectivity index (χ1v) is 22.3. The van der Waals surface area contributed by atoms with E-state index in [1.165, 1.54) is 65.8 Å². The van der Waals surface area contributed by atoms with Crippen molar-refractivity contribution in [3.63, 3.8) is 0 Å². The number of rotatable bonds is 4. The fraction of sp³-hybridized carbons (Fsp3) is 0. The van der Waals surface area contributed by atoms with Crippen LogP contribution in [0.1, 0.15) is 0 Å². The SMILES string of the molecule is c1ccc(-c2cc(B3c4c(ccc5c4oc4ccccc45)-n4c5c3ccc3cccc(c35)n3c5c(ccc6c7ccccc7n(-c7ccccc7)c65)nc43)cc(-c3ccccc3)c2)cc1. The number of furan rings is 1. The normalized spacial score (nSPS) is 12.6. The summed E-state index contributed by atoms with van der Waals surface area (Å²) in [5.41, 5.74) is 18.9. The molecule has 0 bridgehead atoms. The lowest BCUT2D eigenvalue weighted by Crippen LogP contribution is -2.56. The number of imidazole rings is 1. The molecule has 0 saturated heterocycles. The largest absolute Gasteiger partial charge is 0.457 e. The molecule has 65 heavy (non-hydrogen) atoms. The van der Waals surface area contributed by atoms with Gasteiger partial charge < -0.3 is 8.98 Å². The van der Waals surface area contributed by atoms with Crippen LogP contribution in [0.5, 0.6) is 0 Å². The Morgan fingerprint density at radius 3 is 1.91 bits per heavy atom. The topological polar surface area (TPSA) is 40.3 Å². The van der Waals surface area contributed by atoms with Gasteiger partial charge in [-0.2, -0.15) is 0 Å². The van der Waals surface area contributed by atoms with Crippen molar-refractivity contribution < 1.29 is 4.42 Å². The molecule has 6 heteroatoms. The highest BCUT2D eigenvalue weighted by Crippen LogP contribution is 2.41. The van der Waals surface area contributed by atoms with Gasteiger partial charge in [-0.3, -0.25) is 8.97 Å². The molecule has 0 saturated carbocycles. The van der Waals surface area contributed by atoms with E-state index >= 15 is 0 Å². The monoisotopic (exact) mass is 826 g/mol. The third kappa shape index (κ3) is 4.75. The second kappa shape index (κ2) is 13.0. The van der Waals surface area contributed by atoms with Gasteiger partial charge in [-0.1, -0.05) is 157 Å². The zero-order valence-electron chi connectivity index (χ0n) is 35.0. The number of hydrogen-bond acceptors (Lipinski definition) is 2. The first-order chi connectivity index (χ1) is 32.3. The summed E-state index contributed by atoms with van der Waals surface area (Å²) in [6.07, 6.45) is 0. The van der Waals surface area contributed by atoms with Gasteiger partial charge in [0.2, 0.25) is 5.78 Å². The number of benzene rings is 10. The van der Waals surface area contributed by atoms with E-state index in [-0.39, 0.29) is 6.71 Å². The maximum Gasteiger partial charge on any atom is 0.251 e. The minimum atomic E-state index is -0.174. The average Bonchev–Trinajstić information content (AvgIpc) is 4.06. The zero-order chi connectivity index (χ0) is 42.3. The smallest absolute Gasteiger partial charge is 0.251 e. The van der Waals surface area contributed by atoms with Crippen molar-refractivity contribution in [2.24, 2.45) is 0 Å². The molecular weight excluding hydrogens is 791 g/mol. The minimum absolute atomic E-state index is 0.174. The van der Waals surface area contributed by atoms with Gasteiger partial charge in [0.1, 0.15) is 11.2 Å². The van der Waals surface area contributed by atoms with Gasteiger partial charge in [0.15, 0.2) is 0 Å². The van der Waals surface area contributed by atoms with Crippen LogP contribution in [0.15, 0.2) is 217 Å². The molecule has 5 nitrogen and oxygen atoms in total. The van der Waals surface area contributed by atoms with E-state index in [1.54, 1.807) is 0 Å². The van der Waals surface area contributed by atoms with Crippen molar-refractivity contribution in [2.75, 3.05) is 0 Å². The van der Waals surface area contributed by atoms with Crippen LogP contribution < -0.4 is 16.4 Å². The van der Waals surface area contributed by atoms with E-state index in [2.05, 4.69) is 226 Å². The number of para-hydroxylation sites is 3. The van der Waals surface area contributed by atoms with Crippen LogP contribution in [0.4, 0.5) is 0 Å². The predicted octanol–water partition coefficient (Wildman–Crippen LogP) is 12.7. The molecule has 0 spiro atoms. The van der Waals surface area contributed by atoms with Gasteiger partial charge in [0, 0.05) is 38.3 Å². The summed E-state index contributed by atoms with van der Waals surface area (Å²) in [7, 11) is 0. The third-order valence-electron chi connectivity index (χ3n) is 14.0. The van der Waals surface area contributed by atoms with Gasteiger partial charge in [0.05, 0.1) is 33.1 Å². The Labute approximate surface area is 372 Å². The number of fused-ring (bicyclic) bond motifs is 15. The van der Waals surface area contributed by atoms with E-state index < -0.39 is 0 Å². The molecule has 0 atom stereocenters. The average molecular weight is 827 g/mol. The first kappa shape index (κ1) is 34.9. The van der Waals surface area contributed by atoms with Crippen LogP contribution in [-0.4, -0.2) is 25.2 Å². The van der Waals surface area contributed by atoms with Gasteiger partial charge in [-0.15, -0.1) is 0 Å². The molecule has 0 aliphatic carbocycles.